The lowest BCUT2D eigenvalue weighted by Gasteiger charge is -2.13. The molecule has 1 amide bonds. The molecule has 154 valence electrons. The second-order valence-corrected chi connectivity index (χ2v) is 8.36. The van der Waals surface area contributed by atoms with Crippen LogP contribution >= 0.6 is 11.3 Å². The van der Waals surface area contributed by atoms with E-state index in [2.05, 4.69) is 15.4 Å². The van der Waals surface area contributed by atoms with Gasteiger partial charge in [0.2, 0.25) is 5.91 Å². The molecule has 5 aromatic rings. The maximum Gasteiger partial charge on any atom is 0.266 e. The van der Waals surface area contributed by atoms with Gasteiger partial charge in [-0.25, -0.2) is 14.5 Å². The summed E-state index contributed by atoms with van der Waals surface area (Å²) in [5, 5.41) is 6.61. The summed E-state index contributed by atoms with van der Waals surface area (Å²) in [4.78, 5) is 33.8. The summed E-state index contributed by atoms with van der Waals surface area (Å²) in [7, 11) is 0. The number of amides is 1. The van der Waals surface area contributed by atoms with Crippen LogP contribution in [0.3, 0.4) is 0 Å². The lowest BCUT2D eigenvalue weighted by Crippen LogP contribution is -2.18. The molecule has 0 radical (unpaired) electrons. The van der Waals surface area contributed by atoms with Crippen molar-refractivity contribution in [3.8, 4) is 10.6 Å². The minimum absolute atomic E-state index is 0.148. The molecule has 5 rings (SSSR count). The van der Waals surface area contributed by atoms with E-state index in [1.165, 1.54) is 6.07 Å². The van der Waals surface area contributed by atoms with Crippen LogP contribution in [0.5, 0.6) is 0 Å². The first-order valence-electron chi connectivity index (χ1n) is 9.82. The lowest BCUT2D eigenvalue weighted by atomic mass is 10.1. The van der Waals surface area contributed by atoms with Gasteiger partial charge in [0.25, 0.3) is 5.56 Å². The van der Waals surface area contributed by atoms with Gasteiger partial charge in [0, 0.05) is 28.6 Å². The molecule has 3 aromatic heterocycles. The summed E-state index contributed by atoms with van der Waals surface area (Å²) in [6.07, 6.45) is 0.148. The maximum absolute atomic E-state index is 12.9. The van der Waals surface area contributed by atoms with Crippen LogP contribution in [0, 0.1) is 13.8 Å². The molecule has 0 fully saturated rings. The second-order valence-electron chi connectivity index (χ2n) is 7.33. The van der Waals surface area contributed by atoms with Gasteiger partial charge in [-0.3, -0.25) is 14.7 Å². The molecule has 2 N–H and O–H groups in total. The largest absolute Gasteiger partial charge is 0.325 e. The predicted octanol–water partition coefficient (Wildman–Crippen LogP) is 4.10. The highest BCUT2D eigenvalue weighted by molar-refractivity contribution is 7.21. The number of benzene rings is 2. The molecule has 0 saturated carbocycles. The zero-order valence-corrected chi connectivity index (χ0v) is 17.8. The normalized spacial score (nSPS) is 11.3. The van der Waals surface area contributed by atoms with E-state index in [1.807, 2.05) is 62.4 Å². The van der Waals surface area contributed by atoms with Crippen molar-refractivity contribution in [1.82, 2.24) is 19.6 Å². The third kappa shape index (κ3) is 3.51. The Morgan fingerprint density at radius 1 is 1.10 bits per heavy atom. The Balaban J connectivity index is 1.45. The summed E-state index contributed by atoms with van der Waals surface area (Å²) in [5.74, 6) is -0.157. The Labute approximate surface area is 181 Å². The topological polar surface area (TPSA) is 92.1 Å². The zero-order chi connectivity index (χ0) is 21.5. The number of carbonyl (C=O) groups excluding carboxylic acids is 1. The summed E-state index contributed by atoms with van der Waals surface area (Å²) in [5.41, 5.74) is 5.17. The maximum atomic E-state index is 12.9. The fourth-order valence-corrected chi connectivity index (χ4v) is 4.74. The van der Waals surface area contributed by atoms with Crippen LogP contribution in [0.15, 0.2) is 59.4 Å². The van der Waals surface area contributed by atoms with Crippen molar-refractivity contribution in [2.24, 2.45) is 0 Å². The molecule has 0 aliphatic rings. The van der Waals surface area contributed by atoms with E-state index in [9.17, 15) is 9.59 Å². The number of nitrogens with one attached hydrogen (secondary N) is 2. The molecule has 0 aliphatic heterocycles. The first-order valence-corrected chi connectivity index (χ1v) is 10.6. The van der Waals surface area contributed by atoms with E-state index in [-0.39, 0.29) is 17.9 Å². The van der Waals surface area contributed by atoms with E-state index >= 15 is 0 Å². The van der Waals surface area contributed by atoms with Gasteiger partial charge in [-0.05, 0) is 38.1 Å². The Morgan fingerprint density at radius 2 is 1.87 bits per heavy atom. The van der Waals surface area contributed by atoms with Crippen molar-refractivity contribution < 1.29 is 4.79 Å². The Kier molecular flexibility index (Phi) is 4.63. The average Bonchev–Trinajstić information content (AvgIpc) is 3.34. The highest BCUT2D eigenvalue weighted by Gasteiger charge is 2.16. The molecule has 8 heteroatoms. The van der Waals surface area contributed by atoms with Crippen LogP contribution in [0.1, 0.15) is 17.0 Å². The number of thiazole rings is 1. The van der Waals surface area contributed by atoms with Gasteiger partial charge in [0.1, 0.15) is 5.01 Å². The minimum atomic E-state index is -0.221. The first-order chi connectivity index (χ1) is 15.0. The van der Waals surface area contributed by atoms with Crippen LogP contribution < -0.4 is 10.9 Å². The molecule has 0 atom stereocenters. The number of H-pyrrole nitrogens is 1. The molecule has 31 heavy (non-hydrogen) atoms. The standard InChI is InChI=1S/C23H19N5O2S/c1-13-16(14(2)28-20(24-13)12-22(30)27-28)11-21(29)25-17-8-4-3-7-15(17)23-26-18-9-5-6-10-19(18)31-23/h3-10,12H,11H2,1-2H3,(H,25,29)(H,27,30). The SMILES string of the molecule is Cc1nc2cc(=O)[nH]n2c(C)c1CC(=O)Nc1ccccc1-c1nc2ccccc2s1. The first kappa shape index (κ1) is 19.2. The molecule has 0 spiro atoms. The molecule has 0 unspecified atom stereocenters. The monoisotopic (exact) mass is 429 g/mol. The highest BCUT2D eigenvalue weighted by Crippen LogP contribution is 2.34. The molecule has 0 aliphatic carbocycles. The zero-order valence-electron chi connectivity index (χ0n) is 17.0. The molecule has 0 saturated heterocycles. The van der Waals surface area contributed by atoms with E-state index in [0.717, 1.165) is 37.7 Å². The fraction of sp³-hybridized carbons (Fsp3) is 0.130. The van der Waals surface area contributed by atoms with Crippen LogP contribution in [0.4, 0.5) is 5.69 Å². The van der Waals surface area contributed by atoms with E-state index in [4.69, 9.17) is 4.98 Å². The van der Waals surface area contributed by atoms with Crippen molar-refractivity contribution in [3.05, 3.63) is 81.9 Å². The Hall–Kier alpha value is -3.78. The van der Waals surface area contributed by atoms with Gasteiger partial charge >= 0.3 is 0 Å². The number of hydrogen-bond donors (Lipinski definition) is 2. The number of carbonyl (C=O) groups is 1. The van der Waals surface area contributed by atoms with E-state index in [1.54, 1.807) is 15.9 Å². The summed E-state index contributed by atoms with van der Waals surface area (Å²) < 4.78 is 2.72. The number of aryl methyl sites for hydroxylation is 2. The molecule has 0 bridgehead atoms. The van der Waals surface area contributed by atoms with Crippen LogP contribution in [0.2, 0.25) is 0 Å². The molecule has 3 heterocycles. The third-order valence-corrected chi connectivity index (χ3v) is 6.33. The van der Waals surface area contributed by atoms with Crippen molar-refractivity contribution in [2.45, 2.75) is 20.3 Å². The number of nitrogens with zero attached hydrogens (tertiary/aromatic N) is 3. The smallest absolute Gasteiger partial charge is 0.266 e. The van der Waals surface area contributed by atoms with E-state index in [0.29, 0.717) is 11.3 Å². The quantitative estimate of drug-likeness (QED) is 0.450. The second kappa shape index (κ2) is 7.48. The number of aromatic amines is 1. The molecule has 7 nitrogen and oxygen atoms in total. The van der Waals surface area contributed by atoms with Crippen molar-refractivity contribution in [3.63, 3.8) is 0 Å². The Bertz CT molecular complexity index is 1480. The highest BCUT2D eigenvalue weighted by atomic mass is 32.1. The number of rotatable bonds is 4. The number of para-hydroxylation sites is 2. The number of anilines is 1. The number of aromatic nitrogens is 4. The van der Waals surface area contributed by atoms with Crippen molar-refractivity contribution >= 4 is 38.8 Å². The fourth-order valence-electron chi connectivity index (χ4n) is 3.73. The van der Waals surface area contributed by atoms with Crippen LogP contribution in [0.25, 0.3) is 26.4 Å². The number of fused-ring (bicyclic) bond motifs is 2. The summed E-state index contributed by atoms with van der Waals surface area (Å²) in [6, 6.07) is 17.1. The molecule has 2 aromatic carbocycles. The predicted molar refractivity (Wildman–Crippen MR) is 123 cm³/mol. The van der Waals surface area contributed by atoms with Gasteiger partial charge in [-0.2, -0.15) is 0 Å². The van der Waals surface area contributed by atoms with Gasteiger partial charge in [0.05, 0.1) is 22.3 Å². The van der Waals surface area contributed by atoms with Crippen LogP contribution in [-0.4, -0.2) is 25.5 Å². The third-order valence-electron chi connectivity index (χ3n) is 5.27. The summed E-state index contributed by atoms with van der Waals surface area (Å²) in [6.45, 7) is 3.72. The number of hydrogen-bond acceptors (Lipinski definition) is 5. The van der Waals surface area contributed by atoms with Crippen molar-refractivity contribution in [1.29, 1.82) is 0 Å². The lowest BCUT2D eigenvalue weighted by molar-refractivity contribution is -0.115. The van der Waals surface area contributed by atoms with Gasteiger partial charge in [0.15, 0.2) is 5.65 Å². The van der Waals surface area contributed by atoms with Gasteiger partial charge in [-0.15, -0.1) is 11.3 Å². The minimum Gasteiger partial charge on any atom is -0.325 e. The van der Waals surface area contributed by atoms with E-state index < -0.39 is 0 Å². The average molecular weight is 430 g/mol. The molecular weight excluding hydrogens is 410 g/mol. The summed E-state index contributed by atoms with van der Waals surface area (Å²) >= 11 is 1.59. The van der Waals surface area contributed by atoms with Crippen molar-refractivity contribution in [2.75, 3.05) is 5.32 Å². The Morgan fingerprint density at radius 3 is 2.71 bits per heavy atom. The van der Waals surface area contributed by atoms with Gasteiger partial charge < -0.3 is 5.32 Å². The molecular formula is C23H19N5O2S. The van der Waals surface area contributed by atoms with Crippen LogP contribution in [-0.2, 0) is 11.2 Å². The van der Waals surface area contributed by atoms with Gasteiger partial charge in [-0.1, -0.05) is 24.3 Å².